The van der Waals surface area contributed by atoms with Gasteiger partial charge in [0.1, 0.15) is 41.6 Å². The minimum absolute atomic E-state index is 0.0764. The number of piperazine rings is 1. The van der Waals surface area contributed by atoms with E-state index < -0.39 is 24.5 Å². The molecule has 54 heavy (non-hydrogen) atoms. The highest BCUT2D eigenvalue weighted by molar-refractivity contribution is 7.22. The minimum Gasteiger partial charge on any atom is -0.491 e. The standard InChI is InChI=1S/C39H40ClFN6O6S/c1-4-47-26(13-14-44-47)22-51-28-8-6-5-7-25(28)21-31(39(48)49)53-37-34-33(36(30-11-12-32(41)52-30)54-38(34)43-23-42-37)27-9-10-29(35(40)24(27)2)50-20-19-46-17-15-45(3)16-18-46/h5-14,23,31H,4,15-22H2,1-3H3,(H,48,49)/t31-/m0/s1/i21D/t21-,31+/m1. The number of carbonyl (C=O) groups is 1. The van der Waals surface area contributed by atoms with Crippen LogP contribution < -0.4 is 14.2 Å². The van der Waals surface area contributed by atoms with Gasteiger partial charge in [0.2, 0.25) is 12.0 Å². The summed E-state index contributed by atoms with van der Waals surface area (Å²) in [5.41, 5.74) is 2.94. The maximum atomic E-state index is 14.3. The average Bonchev–Trinajstić information content (AvgIpc) is 3.94. The van der Waals surface area contributed by atoms with E-state index in [2.05, 4.69) is 31.9 Å². The second-order valence-electron chi connectivity index (χ2n) is 12.8. The number of rotatable bonds is 15. The average molecular weight is 776 g/mol. The molecule has 0 amide bonds. The van der Waals surface area contributed by atoms with E-state index in [-0.39, 0.29) is 18.2 Å². The van der Waals surface area contributed by atoms with Gasteiger partial charge >= 0.3 is 5.97 Å². The molecule has 1 fully saturated rings. The van der Waals surface area contributed by atoms with Gasteiger partial charge in [-0.2, -0.15) is 9.49 Å². The van der Waals surface area contributed by atoms with Gasteiger partial charge in [-0.3, -0.25) is 9.58 Å². The van der Waals surface area contributed by atoms with Crippen LogP contribution >= 0.6 is 22.9 Å². The molecule has 1 aliphatic heterocycles. The second kappa shape index (κ2) is 16.6. The number of ether oxygens (including phenoxy) is 3. The first-order valence-electron chi connectivity index (χ1n) is 18.1. The van der Waals surface area contributed by atoms with Gasteiger partial charge in [0.15, 0.2) is 0 Å². The largest absolute Gasteiger partial charge is 0.491 e. The Balaban J connectivity index is 1.23. The SMILES string of the molecule is [2H][C@H](c1ccccc1OCc1ccnn1CC)[C@H](Oc1ncnc2sc(-c3ccc(F)o3)c(-c3ccc(OCCN4CCN(C)CC4)c(Cl)c3C)c12)C(=O)O. The lowest BCUT2D eigenvalue weighted by atomic mass is 9.97. The fourth-order valence-corrected chi connectivity index (χ4v) is 7.70. The Morgan fingerprint density at radius 3 is 2.67 bits per heavy atom. The Labute approximate surface area is 322 Å². The minimum atomic E-state index is -1.72. The molecular formula is C39H40ClFN6O6S. The molecule has 1 N–H and O–H groups in total. The highest BCUT2D eigenvalue weighted by Gasteiger charge is 2.29. The molecule has 12 nitrogen and oxygen atoms in total. The zero-order valence-corrected chi connectivity index (χ0v) is 31.6. The molecule has 6 aromatic rings. The molecule has 5 heterocycles. The third-order valence-electron chi connectivity index (χ3n) is 9.34. The zero-order valence-electron chi connectivity index (χ0n) is 31.0. The van der Waals surface area contributed by atoms with E-state index in [1.54, 1.807) is 41.2 Å². The molecular weight excluding hydrogens is 735 g/mol. The van der Waals surface area contributed by atoms with E-state index >= 15 is 0 Å². The Morgan fingerprint density at radius 1 is 1.09 bits per heavy atom. The van der Waals surface area contributed by atoms with Crippen molar-refractivity contribution in [3.8, 4) is 39.1 Å². The smallest absolute Gasteiger partial charge is 0.345 e. The summed E-state index contributed by atoms with van der Waals surface area (Å²) in [7, 11) is 2.11. The van der Waals surface area contributed by atoms with E-state index in [0.717, 1.165) is 38.4 Å². The monoisotopic (exact) mass is 775 g/mol. The number of aliphatic carboxylic acids is 1. The molecule has 1 aliphatic rings. The highest BCUT2D eigenvalue weighted by atomic mass is 35.5. The first kappa shape index (κ1) is 36.0. The highest BCUT2D eigenvalue weighted by Crippen LogP contribution is 2.49. The van der Waals surface area contributed by atoms with Gasteiger partial charge in [-0.1, -0.05) is 35.9 Å². The number of nitrogens with zero attached hydrogens (tertiary/aromatic N) is 6. The van der Waals surface area contributed by atoms with Gasteiger partial charge in [0.05, 0.1) is 21.0 Å². The van der Waals surface area contributed by atoms with Gasteiger partial charge in [0.25, 0.3) is 6.01 Å². The number of benzene rings is 2. The van der Waals surface area contributed by atoms with E-state index in [0.29, 0.717) is 67.0 Å². The summed E-state index contributed by atoms with van der Waals surface area (Å²) >= 11 is 8.17. The molecule has 15 heteroatoms. The van der Waals surface area contributed by atoms with Crippen molar-refractivity contribution < 1.29 is 34.3 Å². The van der Waals surface area contributed by atoms with Crippen molar-refractivity contribution in [2.24, 2.45) is 0 Å². The molecule has 2 atom stereocenters. The fourth-order valence-electron chi connectivity index (χ4n) is 6.37. The van der Waals surface area contributed by atoms with Crippen LogP contribution in [0.25, 0.3) is 32.0 Å². The van der Waals surface area contributed by atoms with Crippen LogP contribution in [0, 0.1) is 12.9 Å². The molecule has 7 rings (SSSR count). The van der Waals surface area contributed by atoms with Crippen molar-refractivity contribution in [1.29, 1.82) is 0 Å². The zero-order chi connectivity index (χ0) is 38.6. The summed E-state index contributed by atoms with van der Waals surface area (Å²) in [6.45, 7) is 9.78. The molecule has 0 spiro atoms. The number of aromatic nitrogens is 4. The molecule has 0 saturated carbocycles. The molecule has 0 radical (unpaired) electrons. The Morgan fingerprint density at radius 2 is 1.91 bits per heavy atom. The number of aryl methyl sites for hydroxylation is 1. The van der Waals surface area contributed by atoms with Crippen molar-refractivity contribution >= 4 is 39.1 Å². The lowest BCUT2D eigenvalue weighted by Crippen LogP contribution is -2.45. The molecule has 2 aromatic carbocycles. The Kier molecular flexibility index (Phi) is 11.0. The molecule has 0 unspecified atom stereocenters. The number of carboxylic acids is 1. The van der Waals surface area contributed by atoms with Crippen LogP contribution in [0.15, 0.2) is 71.5 Å². The van der Waals surface area contributed by atoms with Crippen molar-refractivity contribution in [1.82, 2.24) is 29.5 Å². The van der Waals surface area contributed by atoms with E-state index in [1.165, 1.54) is 29.8 Å². The van der Waals surface area contributed by atoms with Crippen molar-refractivity contribution in [3.63, 3.8) is 0 Å². The lowest BCUT2D eigenvalue weighted by molar-refractivity contribution is -0.145. The molecule has 282 valence electrons. The maximum absolute atomic E-state index is 14.3. The quantitative estimate of drug-likeness (QED) is 0.114. The van der Waals surface area contributed by atoms with Gasteiger partial charge < -0.3 is 28.6 Å². The van der Waals surface area contributed by atoms with Crippen LogP contribution in [-0.2, 0) is 24.3 Å². The lowest BCUT2D eigenvalue weighted by Gasteiger charge is -2.32. The van der Waals surface area contributed by atoms with Crippen molar-refractivity contribution in [3.05, 3.63) is 95.0 Å². The Bertz CT molecular complexity index is 2290. The van der Waals surface area contributed by atoms with Crippen LogP contribution in [-0.4, -0.2) is 93.1 Å². The van der Waals surface area contributed by atoms with Gasteiger partial charge in [-0.15, -0.1) is 11.3 Å². The number of thiophene rings is 1. The summed E-state index contributed by atoms with van der Waals surface area (Å²) in [6.07, 6.45) is -0.220. The summed E-state index contributed by atoms with van der Waals surface area (Å²) in [5, 5.41) is 15.5. The van der Waals surface area contributed by atoms with Crippen LogP contribution in [0.2, 0.25) is 5.02 Å². The normalized spacial score (nSPS) is 15.2. The number of carboxylic acid groups (broad SMARTS) is 1. The first-order valence-corrected chi connectivity index (χ1v) is 18.7. The summed E-state index contributed by atoms with van der Waals surface area (Å²) in [4.78, 5) is 27.3. The second-order valence-corrected chi connectivity index (χ2v) is 14.2. The third kappa shape index (κ3) is 8.06. The first-order chi connectivity index (χ1) is 26.6. The summed E-state index contributed by atoms with van der Waals surface area (Å²) in [5.74, 6) is -0.380. The van der Waals surface area contributed by atoms with E-state index in [4.69, 9.17) is 31.6 Å². The van der Waals surface area contributed by atoms with Crippen LogP contribution in [0.5, 0.6) is 17.4 Å². The summed E-state index contributed by atoms with van der Waals surface area (Å²) in [6, 6.07) is 14.2. The predicted octanol–water partition coefficient (Wildman–Crippen LogP) is 7.22. The van der Waals surface area contributed by atoms with E-state index in [9.17, 15) is 14.3 Å². The van der Waals surface area contributed by atoms with Gasteiger partial charge in [-0.05, 0) is 61.9 Å². The van der Waals surface area contributed by atoms with Crippen LogP contribution in [0.4, 0.5) is 4.39 Å². The number of furan rings is 1. The van der Waals surface area contributed by atoms with E-state index in [1.807, 2.05) is 26.0 Å². The molecule has 0 aliphatic carbocycles. The number of hydrogen-bond acceptors (Lipinski definition) is 11. The number of halogens is 2. The molecule has 4 aromatic heterocycles. The predicted molar refractivity (Wildman–Crippen MR) is 204 cm³/mol. The number of fused-ring (bicyclic) bond motifs is 1. The van der Waals surface area contributed by atoms with Gasteiger partial charge in [0, 0.05) is 64.9 Å². The summed E-state index contributed by atoms with van der Waals surface area (Å²) < 4.78 is 49.2. The number of para-hydroxylation sites is 1. The fraction of sp³-hybridized carbons (Fsp3) is 0.333. The topological polar surface area (TPSA) is 128 Å². The Hall–Kier alpha value is -5.02. The molecule has 0 bridgehead atoms. The maximum Gasteiger partial charge on any atom is 0.345 e. The number of hydrogen-bond donors (Lipinski definition) is 1. The van der Waals surface area contributed by atoms with Gasteiger partial charge in [-0.25, -0.2) is 14.8 Å². The van der Waals surface area contributed by atoms with Crippen molar-refractivity contribution in [2.45, 2.75) is 39.5 Å². The van der Waals surface area contributed by atoms with Crippen LogP contribution in [0.3, 0.4) is 0 Å². The number of likely N-dealkylation sites (N-methyl/N-ethyl adjacent to an activating group) is 1. The third-order valence-corrected chi connectivity index (χ3v) is 10.9. The van der Waals surface area contributed by atoms with Crippen molar-refractivity contribution in [2.75, 3.05) is 46.4 Å². The van der Waals surface area contributed by atoms with Crippen LogP contribution in [0.1, 0.15) is 25.1 Å². The molecule has 1 saturated heterocycles.